The Hall–Kier alpha value is -2.84. The van der Waals surface area contributed by atoms with Gasteiger partial charge in [-0.05, 0) is 86.7 Å². The highest BCUT2D eigenvalue weighted by Gasteiger charge is 2.26. The Labute approximate surface area is 305 Å². The standard InChI is InChI=1S/C22H41N3O4S2.C15H21NO3/c1-5-12-25(13-6-2)31(27,28)15-10-22(26)29-21(17-24-11-9-18(3)4)20(23)16-19-8-7-14-30-19;1-4-6-16(7-5-2)14(17)12-8-11(3)9-13(10-12)15(18)19/h7-8,14,18,20-21,24H,5-6,9-13,15-17,23H2,1-4H3;8-10H,4-7H2,1-3H3,(H,18,19)/t20-,21+;/m0./s1. The topological polar surface area (TPSA) is 159 Å². The van der Waals surface area contributed by atoms with Crippen molar-refractivity contribution in [2.45, 2.75) is 106 Å². The summed E-state index contributed by atoms with van der Waals surface area (Å²) >= 11 is 1.62. The van der Waals surface area contributed by atoms with Crippen LogP contribution < -0.4 is 11.1 Å². The van der Waals surface area contributed by atoms with E-state index in [0.29, 0.717) is 50.6 Å². The number of aryl methyl sites for hydroxylation is 1. The van der Waals surface area contributed by atoms with Crippen LogP contribution in [0.3, 0.4) is 0 Å². The lowest BCUT2D eigenvalue weighted by Gasteiger charge is -2.25. The zero-order valence-corrected chi connectivity index (χ0v) is 32.9. The molecule has 50 heavy (non-hydrogen) atoms. The van der Waals surface area contributed by atoms with Gasteiger partial charge in [0.05, 0.1) is 17.7 Å². The van der Waals surface area contributed by atoms with Crippen molar-refractivity contribution in [1.82, 2.24) is 14.5 Å². The van der Waals surface area contributed by atoms with Gasteiger partial charge in [0.1, 0.15) is 6.10 Å². The molecule has 0 aliphatic rings. The molecule has 1 amide bonds. The Morgan fingerprint density at radius 3 is 2.08 bits per heavy atom. The van der Waals surface area contributed by atoms with Gasteiger partial charge in [-0.1, -0.05) is 47.6 Å². The van der Waals surface area contributed by atoms with Crippen molar-refractivity contribution < 1.29 is 32.6 Å². The van der Waals surface area contributed by atoms with Crippen LogP contribution in [0.5, 0.6) is 0 Å². The molecule has 4 N–H and O–H groups in total. The van der Waals surface area contributed by atoms with E-state index in [0.717, 1.165) is 49.1 Å². The summed E-state index contributed by atoms with van der Waals surface area (Å²) in [6.07, 6.45) is 4.22. The molecule has 1 aromatic heterocycles. The first-order chi connectivity index (χ1) is 23.7. The number of hydrogen-bond donors (Lipinski definition) is 3. The third kappa shape index (κ3) is 17.4. The summed E-state index contributed by atoms with van der Waals surface area (Å²) in [7, 11) is -3.48. The van der Waals surface area contributed by atoms with E-state index in [1.54, 1.807) is 35.3 Å². The Morgan fingerprint density at radius 1 is 0.960 bits per heavy atom. The first-order valence-electron chi connectivity index (χ1n) is 18.0. The molecule has 11 nitrogen and oxygen atoms in total. The van der Waals surface area contributed by atoms with Gasteiger partial charge in [0.15, 0.2) is 0 Å². The maximum absolute atomic E-state index is 12.6. The quantitative estimate of drug-likeness (QED) is 0.0924. The number of aromatic carboxylic acids is 1. The lowest BCUT2D eigenvalue weighted by atomic mass is 10.1. The van der Waals surface area contributed by atoms with E-state index in [1.807, 2.05) is 45.2 Å². The first-order valence-corrected chi connectivity index (χ1v) is 20.5. The molecule has 0 fully saturated rings. The van der Waals surface area contributed by atoms with Gasteiger partial charge in [-0.2, -0.15) is 0 Å². The van der Waals surface area contributed by atoms with Crippen LogP contribution >= 0.6 is 11.3 Å². The number of nitrogens with zero attached hydrogens (tertiary/aromatic N) is 2. The number of carbonyl (C=O) groups is 3. The van der Waals surface area contributed by atoms with Crippen molar-refractivity contribution in [1.29, 1.82) is 0 Å². The Bertz CT molecular complexity index is 1370. The molecular weight excluding hydrogens is 677 g/mol. The molecule has 0 spiro atoms. The highest BCUT2D eigenvalue weighted by Crippen LogP contribution is 2.15. The SMILES string of the molecule is CCCN(CCC)C(=O)c1cc(C)cc(C(=O)O)c1.CCCN(CCC)S(=O)(=O)CCC(=O)O[C@H](CNCCC(C)C)[C@@H](N)Cc1cccs1. The fourth-order valence-corrected chi connectivity index (χ4v) is 7.62. The molecule has 284 valence electrons. The normalized spacial score (nSPS) is 12.7. The van der Waals surface area contributed by atoms with E-state index < -0.39 is 28.1 Å². The van der Waals surface area contributed by atoms with Crippen LogP contribution in [0.25, 0.3) is 0 Å². The van der Waals surface area contributed by atoms with Crippen molar-refractivity contribution >= 4 is 39.2 Å². The molecule has 0 radical (unpaired) electrons. The van der Waals surface area contributed by atoms with Gasteiger partial charge in [0.2, 0.25) is 10.0 Å². The number of benzene rings is 1. The number of carboxylic acid groups (broad SMARTS) is 1. The summed E-state index contributed by atoms with van der Waals surface area (Å²) in [5, 5.41) is 14.4. The zero-order valence-electron chi connectivity index (χ0n) is 31.3. The number of hydrogen-bond acceptors (Lipinski definition) is 9. The van der Waals surface area contributed by atoms with Crippen LogP contribution in [0, 0.1) is 12.8 Å². The lowest BCUT2D eigenvalue weighted by molar-refractivity contribution is -0.149. The fraction of sp³-hybridized carbons (Fsp3) is 0.649. The molecule has 2 aromatic rings. The van der Waals surface area contributed by atoms with Crippen LogP contribution in [-0.2, 0) is 26.0 Å². The van der Waals surface area contributed by atoms with Gasteiger partial charge < -0.3 is 25.8 Å². The number of nitrogens with one attached hydrogen (secondary N) is 1. The second-order valence-corrected chi connectivity index (χ2v) is 16.1. The summed E-state index contributed by atoms with van der Waals surface area (Å²) in [5.41, 5.74) is 7.78. The Kier molecular flexibility index (Phi) is 22.0. The van der Waals surface area contributed by atoms with Gasteiger partial charge in [-0.3, -0.25) is 9.59 Å². The van der Waals surface area contributed by atoms with Gasteiger partial charge in [0.25, 0.3) is 5.91 Å². The third-order valence-corrected chi connectivity index (χ3v) is 10.5. The molecule has 2 rings (SSSR count). The largest absolute Gasteiger partial charge is 0.478 e. The molecule has 2 atom stereocenters. The van der Waals surface area contributed by atoms with Gasteiger partial charge in [-0.15, -0.1) is 11.3 Å². The maximum Gasteiger partial charge on any atom is 0.335 e. The van der Waals surface area contributed by atoms with Crippen LogP contribution in [0.1, 0.15) is 111 Å². The van der Waals surface area contributed by atoms with Gasteiger partial charge in [-0.25, -0.2) is 17.5 Å². The molecule has 13 heteroatoms. The van der Waals surface area contributed by atoms with E-state index in [4.69, 9.17) is 15.6 Å². The van der Waals surface area contributed by atoms with E-state index in [-0.39, 0.29) is 29.7 Å². The number of esters is 1. The predicted octanol–water partition coefficient (Wildman–Crippen LogP) is 5.96. The van der Waals surface area contributed by atoms with Crippen molar-refractivity contribution in [3.8, 4) is 0 Å². The van der Waals surface area contributed by atoms with Gasteiger partial charge in [0, 0.05) is 55.6 Å². The zero-order chi connectivity index (χ0) is 37.7. The minimum Gasteiger partial charge on any atom is -0.478 e. The monoisotopic (exact) mass is 738 g/mol. The Morgan fingerprint density at radius 2 is 1.56 bits per heavy atom. The average Bonchev–Trinajstić information content (AvgIpc) is 3.57. The van der Waals surface area contributed by atoms with Crippen molar-refractivity contribution in [2.75, 3.05) is 45.0 Å². The Balaban J connectivity index is 0.000000561. The molecule has 0 unspecified atom stereocenters. The van der Waals surface area contributed by atoms with E-state index in [1.165, 1.54) is 10.4 Å². The second kappa shape index (κ2) is 24.4. The van der Waals surface area contributed by atoms with Crippen molar-refractivity contribution in [3.05, 3.63) is 57.3 Å². The maximum atomic E-state index is 12.6. The minimum absolute atomic E-state index is 0.0881. The molecule has 1 heterocycles. The molecule has 0 aliphatic heterocycles. The van der Waals surface area contributed by atoms with Crippen molar-refractivity contribution in [2.24, 2.45) is 11.7 Å². The predicted molar refractivity (Wildman–Crippen MR) is 203 cm³/mol. The lowest BCUT2D eigenvalue weighted by Crippen LogP contribution is -2.46. The van der Waals surface area contributed by atoms with Crippen LogP contribution in [0.2, 0.25) is 0 Å². The number of amides is 1. The van der Waals surface area contributed by atoms with E-state index in [9.17, 15) is 22.8 Å². The smallest absolute Gasteiger partial charge is 0.335 e. The van der Waals surface area contributed by atoms with Gasteiger partial charge >= 0.3 is 11.9 Å². The third-order valence-electron chi connectivity index (χ3n) is 7.77. The number of thiophene rings is 1. The summed E-state index contributed by atoms with van der Waals surface area (Å²) in [6.45, 7) is 17.6. The molecule has 0 saturated carbocycles. The summed E-state index contributed by atoms with van der Waals surface area (Å²) in [5.74, 6) is -1.27. The summed E-state index contributed by atoms with van der Waals surface area (Å²) < 4.78 is 32.3. The summed E-state index contributed by atoms with van der Waals surface area (Å²) in [4.78, 5) is 38.8. The molecule has 0 bridgehead atoms. The number of rotatable bonds is 23. The van der Waals surface area contributed by atoms with Crippen LogP contribution in [0.15, 0.2) is 35.7 Å². The highest BCUT2D eigenvalue weighted by atomic mass is 32.2. The number of ether oxygens (including phenoxy) is 1. The van der Waals surface area contributed by atoms with E-state index in [2.05, 4.69) is 19.2 Å². The van der Waals surface area contributed by atoms with Crippen molar-refractivity contribution in [3.63, 3.8) is 0 Å². The summed E-state index contributed by atoms with van der Waals surface area (Å²) in [6, 6.07) is 8.39. The minimum atomic E-state index is -3.48. The second-order valence-electron chi connectivity index (χ2n) is 13.0. The molecule has 0 saturated heterocycles. The average molecular weight is 739 g/mol. The van der Waals surface area contributed by atoms with Crippen LogP contribution in [-0.4, -0.2) is 97.7 Å². The van der Waals surface area contributed by atoms with Crippen LogP contribution in [0.4, 0.5) is 0 Å². The number of carboxylic acids is 1. The molecule has 0 aliphatic carbocycles. The molecule has 1 aromatic carbocycles. The number of carbonyl (C=O) groups excluding carboxylic acids is 2. The fourth-order valence-electron chi connectivity index (χ4n) is 5.23. The molecular formula is C37H62N4O7S2. The highest BCUT2D eigenvalue weighted by molar-refractivity contribution is 7.89. The first kappa shape index (κ1) is 45.2. The number of nitrogens with two attached hydrogens (primary N) is 1. The number of sulfonamides is 1. The van der Waals surface area contributed by atoms with E-state index >= 15 is 0 Å².